The lowest BCUT2D eigenvalue weighted by Crippen LogP contribution is -2.47. The van der Waals surface area contributed by atoms with Crippen molar-refractivity contribution < 1.29 is 18.9 Å². The Morgan fingerprint density at radius 1 is 1.09 bits per heavy atom. The van der Waals surface area contributed by atoms with Crippen LogP contribution in [0.3, 0.4) is 0 Å². The first kappa shape index (κ1) is 14.5. The van der Waals surface area contributed by atoms with Crippen LogP contribution in [-0.2, 0) is 18.9 Å². The molecule has 3 rings (SSSR count). The van der Waals surface area contributed by atoms with Gasteiger partial charge in [0.15, 0.2) is 0 Å². The maximum Gasteiger partial charge on any atom is 0.636 e. The maximum absolute atomic E-state index is 11.8. The molecule has 0 atom stereocenters. The molecule has 1 fully saturated rings. The maximum atomic E-state index is 11.8. The zero-order valence-electron chi connectivity index (χ0n) is 12.4. The Balaban J connectivity index is 1.92. The van der Waals surface area contributed by atoms with Gasteiger partial charge in [-0.3, -0.25) is 19.5 Å². The Labute approximate surface area is 128 Å². The third-order valence-corrected chi connectivity index (χ3v) is 3.40. The first-order valence-corrected chi connectivity index (χ1v) is 6.96. The molecular weight excluding hydrogens is 283 g/mol. The van der Waals surface area contributed by atoms with Crippen LogP contribution in [-0.4, -0.2) is 49.1 Å². The number of likely N-dealkylation sites (N-methyl/N-ethyl adjacent to an activating group) is 1. The van der Waals surface area contributed by atoms with Crippen LogP contribution < -0.4 is 5.46 Å². The van der Waals surface area contributed by atoms with Crippen molar-refractivity contribution in [2.75, 3.05) is 20.1 Å². The van der Waals surface area contributed by atoms with Crippen molar-refractivity contribution in [2.24, 2.45) is 0 Å². The van der Waals surface area contributed by atoms with Gasteiger partial charge in [0.25, 0.3) is 0 Å². The third kappa shape index (κ3) is 3.09. The number of pyridine rings is 1. The molecule has 0 N–H and O–H groups in total. The molecule has 1 aromatic carbocycles. The molecule has 7 heteroatoms. The molecule has 112 valence electrons. The van der Waals surface area contributed by atoms with Crippen molar-refractivity contribution in [2.45, 2.75) is 6.92 Å². The van der Waals surface area contributed by atoms with E-state index in [2.05, 4.69) is 4.98 Å². The number of benzene rings is 1. The Morgan fingerprint density at radius 3 is 2.45 bits per heavy atom. The van der Waals surface area contributed by atoms with E-state index in [1.807, 2.05) is 31.2 Å². The predicted octanol–water partition coefficient (Wildman–Crippen LogP) is 0.270. The molecule has 1 aromatic heterocycles. The minimum Gasteiger partial charge on any atom is -0.494 e. The molecule has 0 bridgehead atoms. The Hall–Kier alpha value is -2.41. The van der Waals surface area contributed by atoms with Crippen molar-refractivity contribution in [1.29, 1.82) is 0 Å². The van der Waals surface area contributed by atoms with Crippen LogP contribution in [0.25, 0.3) is 10.9 Å². The molecule has 22 heavy (non-hydrogen) atoms. The number of fused-ring (bicyclic) bond motifs is 1. The minimum absolute atomic E-state index is 0.0555. The molecule has 0 unspecified atom stereocenters. The second kappa shape index (κ2) is 5.77. The minimum atomic E-state index is -1.01. The fraction of sp³-hybridized carbons (Fsp3) is 0.267. The van der Waals surface area contributed by atoms with Crippen molar-refractivity contribution in [1.82, 2.24) is 9.88 Å². The second-order valence-electron chi connectivity index (χ2n) is 5.39. The standard InChI is InChI=1S/C15H15BN2O4/c1-10-3-4-11-7-12(5-6-13(11)17-10)16-21-14(19)8-18(2)9-15(20)22-16/h3-7H,8-9H2,1-2H3. The van der Waals surface area contributed by atoms with Gasteiger partial charge in [-0.1, -0.05) is 18.2 Å². The topological polar surface area (TPSA) is 68.7 Å². The highest BCUT2D eigenvalue weighted by Crippen LogP contribution is 2.12. The summed E-state index contributed by atoms with van der Waals surface area (Å²) in [4.78, 5) is 29.5. The molecule has 1 aliphatic rings. The van der Waals surface area contributed by atoms with Crippen molar-refractivity contribution >= 4 is 35.4 Å². The Kier molecular flexibility index (Phi) is 3.81. The zero-order valence-corrected chi connectivity index (χ0v) is 12.4. The van der Waals surface area contributed by atoms with Crippen LogP contribution in [0.1, 0.15) is 5.69 Å². The van der Waals surface area contributed by atoms with Gasteiger partial charge in [-0.2, -0.15) is 0 Å². The smallest absolute Gasteiger partial charge is 0.494 e. The summed E-state index contributed by atoms with van der Waals surface area (Å²) in [5.74, 6) is -0.857. The SMILES string of the molecule is Cc1ccc2cc(B3OC(=O)CN(C)CC(=O)O3)ccc2n1. The van der Waals surface area contributed by atoms with Crippen LogP contribution >= 0.6 is 0 Å². The first-order valence-electron chi connectivity index (χ1n) is 6.96. The number of aromatic nitrogens is 1. The molecular formula is C15H15BN2O4. The molecule has 0 spiro atoms. The lowest BCUT2D eigenvalue weighted by Gasteiger charge is -2.22. The van der Waals surface area contributed by atoms with Gasteiger partial charge < -0.3 is 9.31 Å². The lowest BCUT2D eigenvalue weighted by atomic mass is 9.78. The fourth-order valence-corrected chi connectivity index (χ4v) is 2.36. The number of carbonyl (C=O) groups excluding carboxylic acids is 2. The Morgan fingerprint density at radius 2 is 1.77 bits per heavy atom. The van der Waals surface area contributed by atoms with Crippen LogP contribution in [0.5, 0.6) is 0 Å². The van der Waals surface area contributed by atoms with Crippen molar-refractivity contribution in [3.63, 3.8) is 0 Å². The first-order chi connectivity index (χ1) is 10.5. The molecule has 6 nitrogen and oxygen atoms in total. The van der Waals surface area contributed by atoms with Crippen LogP contribution in [0.15, 0.2) is 30.3 Å². The number of hydrogen-bond acceptors (Lipinski definition) is 6. The Bertz CT molecular complexity index is 729. The van der Waals surface area contributed by atoms with Crippen LogP contribution in [0.4, 0.5) is 0 Å². The zero-order chi connectivity index (χ0) is 15.7. The highest BCUT2D eigenvalue weighted by atomic mass is 16.6. The van der Waals surface area contributed by atoms with E-state index < -0.39 is 19.1 Å². The molecule has 2 heterocycles. The van der Waals surface area contributed by atoms with E-state index in [9.17, 15) is 9.59 Å². The summed E-state index contributed by atoms with van der Waals surface area (Å²) in [6.07, 6.45) is 0. The van der Waals surface area contributed by atoms with Crippen molar-refractivity contribution in [3.05, 3.63) is 36.0 Å². The molecule has 0 amide bonds. The van der Waals surface area contributed by atoms with E-state index in [1.54, 1.807) is 18.0 Å². The molecule has 1 aliphatic heterocycles. The number of rotatable bonds is 1. The summed E-state index contributed by atoms with van der Waals surface area (Å²) in [7, 11) is 0.645. The van der Waals surface area contributed by atoms with E-state index in [1.165, 1.54) is 0 Å². The van der Waals surface area contributed by atoms with Gasteiger partial charge in [-0.05, 0) is 31.5 Å². The van der Waals surface area contributed by atoms with E-state index >= 15 is 0 Å². The number of nitrogens with zero attached hydrogens (tertiary/aromatic N) is 2. The summed E-state index contributed by atoms with van der Waals surface area (Å²) in [6.45, 7) is 2.03. The van der Waals surface area contributed by atoms with Gasteiger partial charge in [0, 0.05) is 11.2 Å². The van der Waals surface area contributed by atoms with Gasteiger partial charge in [0.1, 0.15) is 0 Å². The van der Waals surface area contributed by atoms with Crippen molar-refractivity contribution in [3.8, 4) is 0 Å². The van der Waals surface area contributed by atoms with Crippen LogP contribution in [0.2, 0.25) is 0 Å². The molecule has 0 aliphatic carbocycles. The molecule has 2 aromatic rings. The van der Waals surface area contributed by atoms with E-state index in [0.717, 1.165) is 16.6 Å². The van der Waals surface area contributed by atoms with Crippen LogP contribution in [0, 0.1) is 6.92 Å². The number of aryl methyl sites for hydroxylation is 1. The monoisotopic (exact) mass is 298 g/mol. The average molecular weight is 298 g/mol. The van der Waals surface area contributed by atoms with Gasteiger partial charge in [-0.25, -0.2) is 0 Å². The number of carbonyl (C=O) groups is 2. The quantitative estimate of drug-likeness (QED) is 0.704. The van der Waals surface area contributed by atoms with Gasteiger partial charge in [0.2, 0.25) is 0 Å². The summed E-state index contributed by atoms with van der Waals surface area (Å²) < 4.78 is 10.5. The molecule has 1 saturated heterocycles. The molecule has 0 saturated carbocycles. The van der Waals surface area contributed by atoms with E-state index in [0.29, 0.717) is 5.46 Å². The fourth-order valence-electron chi connectivity index (χ4n) is 2.36. The third-order valence-electron chi connectivity index (χ3n) is 3.40. The summed E-state index contributed by atoms with van der Waals surface area (Å²) in [6, 6.07) is 9.23. The van der Waals surface area contributed by atoms with Gasteiger partial charge in [0.05, 0.1) is 18.6 Å². The predicted molar refractivity (Wildman–Crippen MR) is 81.5 cm³/mol. The molecule has 0 radical (unpaired) electrons. The number of hydrogen-bond donors (Lipinski definition) is 0. The highest BCUT2D eigenvalue weighted by Gasteiger charge is 2.33. The summed E-state index contributed by atoms with van der Waals surface area (Å²) in [5, 5.41) is 0.898. The lowest BCUT2D eigenvalue weighted by molar-refractivity contribution is -0.145. The van der Waals surface area contributed by atoms with E-state index in [4.69, 9.17) is 9.31 Å². The highest BCUT2D eigenvalue weighted by molar-refractivity contribution is 6.64. The largest absolute Gasteiger partial charge is 0.636 e. The average Bonchev–Trinajstić information content (AvgIpc) is 2.44. The summed E-state index contributed by atoms with van der Waals surface area (Å²) >= 11 is 0. The summed E-state index contributed by atoms with van der Waals surface area (Å²) in [5.41, 5.74) is 2.38. The van der Waals surface area contributed by atoms with Gasteiger partial charge in [-0.15, -0.1) is 0 Å². The van der Waals surface area contributed by atoms with E-state index in [-0.39, 0.29) is 13.1 Å². The second-order valence-corrected chi connectivity index (χ2v) is 5.39. The van der Waals surface area contributed by atoms with Gasteiger partial charge >= 0.3 is 19.1 Å². The normalized spacial score (nSPS) is 16.9.